The molecule has 20 nitrogen and oxygen atoms in total. The zero-order valence-electron chi connectivity index (χ0n) is 28.8. The van der Waals surface area contributed by atoms with Gasteiger partial charge in [0.1, 0.15) is 6.10 Å². The minimum atomic E-state index is -2.46. The molecule has 1 rings (SSSR count). The van der Waals surface area contributed by atoms with Crippen molar-refractivity contribution < 1.29 is 52.4 Å². The zero-order chi connectivity index (χ0) is 37.0. The molecule has 1 saturated heterocycles. The van der Waals surface area contributed by atoms with Gasteiger partial charge in [-0.25, -0.2) is 0 Å². The maximum absolute atomic E-state index is 13.1. The third-order valence-electron chi connectivity index (χ3n) is 7.74. The van der Waals surface area contributed by atoms with Crippen molar-refractivity contribution in [1.82, 2.24) is 0 Å². The lowest BCUT2D eigenvalue weighted by Gasteiger charge is -2.46. The molecule has 1 fully saturated rings. The van der Waals surface area contributed by atoms with E-state index in [0.29, 0.717) is 0 Å². The van der Waals surface area contributed by atoms with Crippen LogP contribution >= 0.6 is 0 Å². The summed E-state index contributed by atoms with van der Waals surface area (Å²) in [5.41, 5.74) is 25.7. The summed E-state index contributed by atoms with van der Waals surface area (Å²) in [5.74, 6) is -3.57. The number of carboxylic acid groups (broad SMARTS) is 1. The monoisotopic (exact) mass is 713 g/mol. The van der Waals surface area contributed by atoms with Crippen LogP contribution in [0.3, 0.4) is 0 Å². The number of esters is 3. The van der Waals surface area contributed by atoms with Crippen molar-refractivity contribution in [2.45, 2.75) is 128 Å². The lowest BCUT2D eigenvalue weighted by Crippen LogP contribution is -2.64. The fraction of sp³-hybridized carbons (Fsp3) is 0.857. The van der Waals surface area contributed by atoms with Gasteiger partial charge in [0.15, 0.2) is 32.9 Å². The van der Waals surface area contributed by atoms with E-state index in [-0.39, 0.29) is 69.8 Å². The lowest BCUT2D eigenvalue weighted by atomic mass is 9.97. The van der Waals surface area contributed by atoms with Crippen LogP contribution in [0.1, 0.15) is 72.6 Å². The molecule has 6 atom stereocenters. The van der Waals surface area contributed by atoms with E-state index in [1.165, 1.54) is 6.92 Å². The number of carboxylic acids is 1. The molecule has 274 valence electrons. The fourth-order valence-corrected chi connectivity index (χ4v) is 5.22. The van der Waals surface area contributed by atoms with Crippen LogP contribution in [0, 0.1) is 0 Å². The molecule has 0 radical (unpaired) electrons. The van der Waals surface area contributed by atoms with E-state index in [4.69, 9.17) is 44.7 Å². The quantitative estimate of drug-likeness (QED) is 0.0273. The fourth-order valence-electron chi connectivity index (χ4n) is 4.20. The van der Waals surface area contributed by atoms with Crippen LogP contribution in [-0.4, -0.2) is 100 Å². The Morgan fingerprint density at radius 2 is 1.22 bits per heavy atom. The van der Waals surface area contributed by atoms with Crippen molar-refractivity contribution in [3.8, 4) is 0 Å². The van der Waals surface area contributed by atoms with Crippen LogP contribution in [0.4, 0.5) is 0 Å². The molecular formula is C28H47N9O11Si. The number of ether oxygens (including phenoxy) is 5. The summed E-state index contributed by atoms with van der Waals surface area (Å²) >= 11 is 0. The van der Waals surface area contributed by atoms with Gasteiger partial charge < -0.3 is 33.2 Å². The molecule has 0 saturated carbocycles. The van der Waals surface area contributed by atoms with Gasteiger partial charge in [0.05, 0.1) is 19.1 Å². The first kappa shape index (κ1) is 42.9. The molecule has 0 aliphatic carbocycles. The number of azide groups is 3. The summed E-state index contributed by atoms with van der Waals surface area (Å²) in [5, 5.41) is 19.3. The van der Waals surface area contributed by atoms with Gasteiger partial charge in [0, 0.05) is 53.6 Å². The average molecular weight is 714 g/mol. The molecular weight excluding hydrogens is 666 g/mol. The first-order chi connectivity index (χ1) is 23.1. The molecule has 0 unspecified atom stereocenters. The molecule has 49 heavy (non-hydrogen) atoms. The Morgan fingerprint density at radius 3 is 1.63 bits per heavy atom. The Morgan fingerprint density at radius 1 is 0.796 bits per heavy atom. The highest BCUT2D eigenvalue weighted by atomic mass is 28.4. The number of nitrogens with zero attached hydrogens (tertiary/aromatic N) is 9. The summed E-state index contributed by atoms with van der Waals surface area (Å²) < 4.78 is 35.9. The Hall–Kier alpha value is -4.09. The molecule has 0 spiro atoms. The number of hydrogen-bond acceptors (Lipinski definition) is 13. The number of carbonyl (C=O) groups is 4. The second-order valence-electron chi connectivity index (χ2n) is 12.7. The Kier molecular flexibility index (Phi) is 19.1. The van der Waals surface area contributed by atoms with Crippen molar-refractivity contribution in [3.05, 3.63) is 31.3 Å². The third kappa shape index (κ3) is 16.2. The van der Waals surface area contributed by atoms with E-state index < -0.39 is 75.4 Å². The van der Waals surface area contributed by atoms with Crippen molar-refractivity contribution in [2.75, 3.05) is 26.2 Å². The summed E-state index contributed by atoms with van der Waals surface area (Å²) in [6.45, 7) is 11.3. The molecule has 1 heterocycles. The SMILES string of the molecule is C[C@@H](CC(=O)O)O[C@@H]1O[C@H](CO[Si](C)(C)C(C)(C)C)[C@@H](OC(=O)CCCN=[N+]=[N-])[C@H](OC(=O)CCCN=[N+]=[N-])[C@H]1OC(=O)CCCN=[N+]=[N-]. The highest BCUT2D eigenvalue weighted by Crippen LogP contribution is 2.38. The summed E-state index contributed by atoms with van der Waals surface area (Å²) in [6, 6.07) is 0. The van der Waals surface area contributed by atoms with Gasteiger partial charge in [-0.3, -0.25) is 19.2 Å². The molecule has 0 bridgehead atoms. The number of hydrogen-bond donors (Lipinski definition) is 1. The van der Waals surface area contributed by atoms with Gasteiger partial charge in [0.2, 0.25) is 0 Å². The van der Waals surface area contributed by atoms with E-state index in [1.807, 2.05) is 33.9 Å². The highest BCUT2D eigenvalue weighted by molar-refractivity contribution is 6.74. The van der Waals surface area contributed by atoms with Crippen LogP contribution < -0.4 is 0 Å². The van der Waals surface area contributed by atoms with Gasteiger partial charge in [-0.2, -0.15) is 0 Å². The predicted octanol–water partition coefficient (Wildman–Crippen LogP) is 5.62. The number of carbonyl (C=O) groups excluding carboxylic acids is 3. The minimum absolute atomic E-state index is 0.00508. The minimum Gasteiger partial charge on any atom is -0.481 e. The first-order valence-corrected chi connectivity index (χ1v) is 18.7. The van der Waals surface area contributed by atoms with Gasteiger partial charge in [-0.05, 0) is 60.9 Å². The van der Waals surface area contributed by atoms with E-state index in [9.17, 15) is 24.3 Å². The second kappa shape index (κ2) is 21.8. The number of aliphatic carboxylic acids is 1. The van der Waals surface area contributed by atoms with Crippen molar-refractivity contribution in [2.24, 2.45) is 15.3 Å². The van der Waals surface area contributed by atoms with Gasteiger partial charge in [-0.1, -0.05) is 36.1 Å². The van der Waals surface area contributed by atoms with E-state index in [1.54, 1.807) is 0 Å². The Labute approximate surface area is 285 Å². The topological polar surface area (TPSA) is 290 Å². The molecule has 0 aromatic rings. The highest BCUT2D eigenvalue weighted by Gasteiger charge is 2.54. The summed E-state index contributed by atoms with van der Waals surface area (Å²) in [6.07, 6.45) is -8.83. The Balaban J connectivity index is 3.66. The van der Waals surface area contributed by atoms with Crippen LogP contribution in [0.2, 0.25) is 18.1 Å². The maximum atomic E-state index is 13.1. The lowest BCUT2D eigenvalue weighted by molar-refractivity contribution is -0.315. The van der Waals surface area contributed by atoms with Crippen molar-refractivity contribution in [1.29, 1.82) is 0 Å². The number of rotatable bonds is 22. The van der Waals surface area contributed by atoms with E-state index in [0.717, 1.165) is 0 Å². The van der Waals surface area contributed by atoms with Crippen molar-refractivity contribution in [3.63, 3.8) is 0 Å². The standard InChI is InChI=1S/C28H47N9O11Si/c1-18(16-20(38)39)44-27-26(48-23(42)12-9-15-34-37-31)25(47-22(41)11-8-14-33-36-30)24(46-21(40)10-7-13-32-35-29)19(45-27)17-43-49(5,6)28(2,3)4/h18-19,24-27H,7-17H2,1-6H3,(H,38,39)/t18-,19+,24+,25-,26+,27+/m0/s1. The van der Waals surface area contributed by atoms with E-state index >= 15 is 0 Å². The van der Waals surface area contributed by atoms with Crippen LogP contribution in [-0.2, 0) is 47.3 Å². The van der Waals surface area contributed by atoms with Crippen LogP contribution in [0.5, 0.6) is 0 Å². The smallest absolute Gasteiger partial charge is 0.306 e. The van der Waals surface area contributed by atoms with Crippen LogP contribution in [0.25, 0.3) is 31.3 Å². The van der Waals surface area contributed by atoms with Gasteiger partial charge >= 0.3 is 23.9 Å². The molecule has 21 heteroatoms. The molecule has 1 aliphatic rings. The summed E-state index contributed by atoms with van der Waals surface area (Å²) in [7, 11) is -2.46. The molecule has 0 amide bonds. The maximum Gasteiger partial charge on any atom is 0.306 e. The molecule has 1 N–H and O–H groups in total. The second-order valence-corrected chi connectivity index (χ2v) is 17.5. The van der Waals surface area contributed by atoms with Gasteiger partial charge in [-0.15, -0.1) is 0 Å². The van der Waals surface area contributed by atoms with Crippen LogP contribution in [0.15, 0.2) is 15.3 Å². The van der Waals surface area contributed by atoms with Crippen molar-refractivity contribution >= 4 is 32.2 Å². The molecule has 0 aromatic heterocycles. The van der Waals surface area contributed by atoms with E-state index in [2.05, 4.69) is 30.1 Å². The zero-order valence-corrected chi connectivity index (χ0v) is 29.8. The predicted molar refractivity (Wildman–Crippen MR) is 174 cm³/mol. The Bertz CT molecular complexity index is 1260. The molecule has 0 aromatic carbocycles. The largest absolute Gasteiger partial charge is 0.481 e. The average Bonchev–Trinajstić information content (AvgIpc) is 3.00. The molecule has 1 aliphatic heterocycles. The third-order valence-corrected chi connectivity index (χ3v) is 12.2. The summed E-state index contributed by atoms with van der Waals surface area (Å²) in [4.78, 5) is 58.7. The first-order valence-electron chi connectivity index (χ1n) is 15.8. The van der Waals surface area contributed by atoms with Gasteiger partial charge in [0.25, 0.3) is 0 Å². The normalized spacial score (nSPS) is 21.1.